The third-order valence-corrected chi connectivity index (χ3v) is 3.55. The third-order valence-electron chi connectivity index (χ3n) is 3.55. The van der Waals surface area contributed by atoms with Crippen LogP contribution in [0.3, 0.4) is 0 Å². The lowest BCUT2D eigenvalue weighted by atomic mass is 9.82. The van der Waals surface area contributed by atoms with E-state index in [2.05, 4.69) is 0 Å². The largest absolute Gasteiger partial charge is 0.497 e. The molecule has 0 N–H and O–H groups in total. The molecule has 0 aromatic heterocycles. The zero-order valence-corrected chi connectivity index (χ0v) is 13.4. The average molecular weight is 308 g/mol. The third kappa shape index (κ3) is 3.00. The Bertz CT molecular complexity index is 562. The minimum absolute atomic E-state index is 0.133. The summed E-state index contributed by atoms with van der Waals surface area (Å²) in [6.07, 6.45) is 0.133. The first kappa shape index (κ1) is 16.1. The van der Waals surface area contributed by atoms with Gasteiger partial charge in [-0.2, -0.15) is 0 Å². The number of rotatable bonds is 4. The molecule has 2 rings (SSSR count). The Labute approximate surface area is 129 Å². The summed E-state index contributed by atoms with van der Waals surface area (Å²) in [6.45, 7) is 4.56. The van der Waals surface area contributed by atoms with E-state index < -0.39 is 23.1 Å². The van der Waals surface area contributed by atoms with Gasteiger partial charge in [-0.05, 0) is 31.0 Å². The van der Waals surface area contributed by atoms with E-state index in [1.165, 1.54) is 35.0 Å². The van der Waals surface area contributed by atoms with Gasteiger partial charge in [-0.3, -0.25) is 9.59 Å². The van der Waals surface area contributed by atoms with E-state index in [4.69, 9.17) is 18.9 Å². The summed E-state index contributed by atoms with van der Waals surface area (Å²) in [7, 11) is 3.07. The molecule has 0 saturated carbocycles. The van der Waals surface area contributed by atoms with Crippen molar-refractivity contribution >= 4 is 11.9 Å². The predicted octanol–water partition coefficient (Wildman–Crippen LogP) is 2.09. The number of esters is 2. The SMILES string of the molecule is COc1cc(CC2(C)C(=O)OC(C)(C)OC2=O)cc(OC)c1. The minimum atomic E-state index is -1.40. The van der Waals surface area contributed by atoms with Crippen molar-refractivity contribution in [3.8, 4) is 11.5 Å². The molecule has 1 fully saturated rings. The molecule has 0 radical (unpaired) electrons. The van der Waals surface area contributed by atoms with Crippen LogP contribution < -0.4 is 9.47 Å². The molecule has 0 unspecified atom stereocenters. The topological polar surface area (TPSA) is 71.1 Å². The molecule has 1 aliphatic heterocycles. The van der Waals surface area contributed by atoms with Crippen LogP contribution in [0.5, 0.6) is 11.5 Å². The van der Waals surface area contributed by atoms with Crippen molar-refractivity contribution in [2.45, 2.75) is 33.0 Å². The van der Waals surface area contributed by atoms with Gasteiger partial charge in [0, 0.05) is 19.9 Å². The van der Waals surface area contributed by atoms with Crippen molar-refractivity contribution in [2.75, 3.05) is 14.2 Å². The highest BCUT2D eigenvalue weighted by atomic mass is 16.7. The van der Waals surface area contributed by atoms with Crippen molar-refractivity contribution in [1.82, 2.24) is 0 Å². The van der Waals surface area contributed by atoms with Gasteiger partial charge in [-0.1, -0.05) is 0 Å². The predicted molar refractivity (Wildman–Crippen MR) is 77.6 cm³/mol. The van der Waals surface area contributed by atoms with E-state index in [1.54, 1.807) is 18.2 Å². The summed E-state index contributed by atoms with van der Waals surface area (Å²) in [5.74, 6) is -1.28. The Balaban J connectivity index is 2.33. The smallest absolute Gasteiger partial charge is 0.326 e. The zero-order chi connectivity index (χ0) is 16.5. The summed E-state index contributed by atoms with van der Waals surface area (Å²) >= 11 is 0. The maximum atomic E-state index is 12.3. The Morgan fingerprint density at radius 2 is 1.36 bits per heavy atom. The molecule has 0 amide bonds. The van der Waals surface area contributed by atoms with Crippen molar-refractivity contribution in [1.29, 1.82) is 0 Å². The van der Waals surface area contributed by atoms with Gasteiger partial charge in [0.2, 0.25) is 0 Å². The minimum Gasteiger partial charge on any atom is -0.497 e. The number of hydrogen-bond acceptors (Lipinski definition) is 6. The fraction of sp³-hybridized carbons (Fsp3) is 0.500. The maximum absolute atomic E-state index is 12.3. The molecule has 1 aromatic carbocycles. The molecule has 1 aromatic rings. The average Bonchev–Trinajstić information content (AvgIpc) is 2.44. The quantitative estimate of drug-likeness (QED) is 0.626. The summed E-state index contributed by atoms with van der Waals surface area (Å²) in [5.41, 5.74) is -0.681. The van der Waals surface area contributed by atoms with Crippen LogP contribution in [0.25, 0.3) is 0 Å². The van der Waals surface area contributed by atoms with Crippen molar-refractivity contribution in [3.63, 3.8) is 0 Å². The van der Waals surface area contributed by atoms with E-state index in [0.717, 1.165) is 0 Å². The molecule has 6 heteroatoms. The first-order chi connectivity index (χ1) is 10.2. The first-order valence-electron chi connectivity index (χ1n) is 6.89. The van der Waals surface area contributed by atoms with Gasteiger partial charge in [-0.15, -0.1) is 0 Å². The summed E-state index contributed by atoms with van der Waals surface area (Å²) in [6, 6.07) is 5.20. The van der Waals surface area contributed by atoms with Gasteiger partial charge in [-0.25, -0.2) is 0 Å². The Hall–Kier alpha value is -2.24. The molecular formula is C16H20O6. The van der Waals surface area contributed by atoms with Gasteiger partial charge in [0.25, 0.3) is 5.79 Å². The van der Waals surface area contributed by atoms with E-state index in [9.17, 15) is 9.59 Å². The normalized spacial score (nSPS) is 19.1. The van der Waals surface area contributed by atoms with Crippen molar-refractivity contribution in [2.24, 2.45) is 5.41 Å². The molecule has 120 valence electrons. The van der Waals surface area contributed by atoms with E-state index >= 15 is 0 Å². The Morgan fingerprint density at radius 3 is 1.77 bits per heavy atom. The van der Waals surface area contributed by atoms with E-state index in [0.29, 0.717) is 17.1 Å². The molecule has 0 atom stereocenters. The van der Waals surface area contributed by atoms with E-state index in [-0.39, 0.29) is 6.42 Å². The molecule has 0 spiro atoms. The highest BCUT2D eigenvalue weighted by Gasteiger charge is 2.52. The monoisotopic (exact) mass is 308 g/mol. The molecule has 1 heterocycles. The van der Waals surface area contributed by atoms with Gasteiger partial charge < -0.3 is 18.9 Å². The lowest BCUT2D eigenvalue weighted by Crippen LogP contribution is -2.53. The second kappa shape index (κ2) is 5.51. The standard InChI is InChI=1S/C16H20O6/c1-15(2)21-13(17)16(3,14(18)22-15)9-10-6-11(19-4)8-12(7-10)20-5/h6-8H,9H2,1-5H3. The number of cyclic esters (lactones) is 2. The fourth-order valence-electron chi connectivity index (χ4n) is 2.30. The van der Waals surface area contributed by atoms with Crippen LogP contribution in [0, 0.1) is 5.41 Å². The molecule has 0 bridgehead atoms. The van der Waals surface area contributed by atoms with Gasteiger partial charge in [0.15, 0.2) is 5.41 Å². The van der Waals surface area contributed by atoms with Crippen LogP contribution in [-0.2, 0) is 25.5 Å². The van der Waals surface area contributed by atoms with Crippen molar-refractivity contribution in [3.05, 3.63) is 23.8 Å². The van der Waals surface area contributed by atoms with Crippen LogP contribution in [0.1, 0.15) is 26.3 Å². The molecule has 1 aliphatic rings. The molecule has 0 aliphatic carbocycles. The first-order valence-corrected chi connectivity index (χ1v) is 6.89. The number of benzene rings is 1. The zero-order valence-electron chi connectivity index (χ0n) is 13.4. The van der Waals surface area contributed by atoms with Gasteiger partial charge in [0.1, 0.15) is 11.5 Å². The number of hydrogen-bond donors (Lipinski definition) is 0. The second-order valence-corrected chi connectivity index (χ2v) is 5.91. The summed E-state index contributed by atoms with van der Waals surface area (Å²) in [4.78, 5) is 24.5. The van der Waals surface area contributed by atoms with Crippen LogP contribution in [-0.4, -0.2) is 31.9 Å². The Morgan fingerprint density at radius 1 is 0.909 bits per heavy atom. The van der Waals surface area contributed by atoms with Crippen LogP contribution in [0.15, 0.2) is 18.2 Å². The van der Waals surface area contributed by atoms with Gasteiger partial charge in [0.05, 0.1) is 14.2 Å². The summed E-state index contributed by atoms with van der Waals surface area (Å²) in [5, 5.41) is 0. The van der Waals surface area contributed by atoms with Crippen molar-refractivity contribution < 1.29 is 28.5 Å². The second-order valence-electron chi connectivity index (χ2n) is 5.91. The lowest BCUT2D eigenvalue weighted by Gasteiger charge is -2.38. The van der Waals surface area contributed by atoms with Crippen LogP contribution >= 0.6 is 0 Å². The van der Waals surface area contributed by atoms with Gasteiger partial charge >= 0.3 is 11.9 Å². The number of ether oxygens (including phenoxy) is 4. The molecular weight excluding hydrogens is 288 g/mol. The number of methoxy groups -OCH3 is 2. The maximum Gasteiger partial charge on any atom is 0.326 e. The fourth-order valence-corrected chi connectivity index (χ4v) is 2.30. The lowest BCUT2D eigenvalue weighted by molar-refractivity contribution is -0.249. The number of carbonyl (C=O) groups excluding carboxylic acids is 2. The van der Waals surface area contributed by atoms with Crippen LogP contribution in [0.2, 0.25) is 0 Å². The highest BCUT2D eigenvalue weighted by Crippen LogP contribution is 2.36. The summed E-state index contributed by atoms with van der Waals surface area (Å²) < 4.78 is 20.8. The molecule has 6 nitrogen and oxygen atoms in total. The van der Waals surface area contributed by atoms with Crippen LogP contribution in [0.4, 0.5) is 0 Å². The molecule has 22 heavy (non-hydrogen) atoms. The highest BCUT2D eigenvalue weighted by molar-refractivity contribution is 6.01. The van der Waals surface area contributed by atoms with E-state index in [1.807, 2.05) is 0 Å². The molecule has 1 saturated heterocycles. The number of carbonyl (C=O) groups is 2. The Kier molecular flexibility index (Phi) is 4.04.